The van der Waals surface area contributed by atoms with E-state index in [-0.39, 0.29) is 29.7 Å². The van der Waals surface area contributed by atoms with Crippen LogP contribution in [-0.4, -0.2) is 0 Å². The van der Waals surface area contributed by atoms with Gasteiger partial charge in [0.15, 0.2) is 0 Å². The van der Waals surface area contributed by atoms with Crippen LogP contribution in [0, 0.1) is 5.92 Å². The molecule has 0 rings (SSSR count). The molecule has 0 nitrogen and oxygen atoms in total. The van der Waals surface area contributed by atoms with E-state index in [1.807, 2.05) is 0 Å². The van der Waals surface area contributed by atoms with Crippen LogP contribution in [-0.2, 0) is 0 Å². The van der Waals surface area contributed by atoms with Crippen molar-refractivity contribution in [3.63, 3.8) is 0 Å². The van der Waals surface area contributed by atoms with Gasteiger partial charge in [0, 0.05) is 0 Å². The van der Waals surface area contributed by atoms with E-state index in [9.17, 15) is 0 Å². The summed E-state index contributed by atoms with van der Waals surface area (Å²) in [5.41, 5.74) is 0. The Morgan fingerprint density at radius 1 is 0.636 bits per heavy atom. The molecule has 0 aliphatic carbocycles. The van der Waals surface area contributed by atoms with Crippen molar-refractivity contribution in [2.75, 3.05) is 0 Å². The van der Waals surface area contributed by atoms with Crippen molar-refractivity contribution in [1.82, 2.24) is 0 Å². The van der Waals surface area contributed by atoms with Crippen LogP contribution in [0.1, 0.15) is 69.7 Å². The SMILES string of the molecule is C.C.C.C.CCC(CC)CC. The first-order chi connectivity index (χ1) is 3.35. The Balaban J connectivity index is -0.0000000300. The Labute approximate surface area is 76.4 Å². The van der Waals surface area contributed by atoms with Crippen molar-refractivity contribution >= 4 is 0 Å². The molecule has 76 valence electrons. The summed E-state index contributed by atoms with van der Waals surface area (Å²) in [4.78, 5) is 0. The summed E-state index contributed by atoms with van der Waals surface area (Å²) in [6, 6.07) is 0. The zero-order valence-corrected chi connectivity index (χ0v) is 5.70. The molecule has 0 atom stereocenters. The third-order valence-electron chi connectivity index (χ3n) is 1.73. The number of hydrogen-bond acceptors (Lipinski definition) is 0. The monoisotopic (exact) mass is 164 g/mol. The molecule has 0 amide bonds. The van der Waals surface area contributed by atoms with E-state index in [0.717, 1.165) is 5.92 Å². The highest BCUT2D eigenvalue weighted by molar-refractivity contribution is 4.48. The van der Waals surface area contributed by atoms with Gasteiger partial charge in [-0.05, 0) is 5.92 Å². The van der Waals surface area contributed by atoms with Gasteiger partial charge in [-0.3, -0.25) is 0 Å². The van der Waals surface area contributed by atoms with E-state index >= 15 is 0 Å². The molecule has 0 radical (unpaired) electrons. The fourth-order valence-electron chi connectivity index (χ4n) is 0.866. The molecule has 11 heavy (non-hydrogen) atoms. The fraction of sp³-hybridized carbons (Fsp3) is 1.00. The van der Waals surface area contributed by atoms with Gasteiger partial charge in [-0.25, -0.2) is 0 Å². The Hall–Kier alpha value is 0. The Bertz CT molecular complexity index is 21.5. The zero-order chi connectivity index (χ0) is 5.70. The summed E-state index contributed by atoms with van der Waals surface area (Å²) in [7, 11) is 0. The van der Waals surface area contributed by atoms with E-state index in [4.69, 9.17) is 0 Å². The summed E-state index contributed by atoms with van der Waals surface area (Å²) >= 11 is 0. The summed E-state index contributed by atoms with van der Waals surface area (Å²) in [5, 5.41) is 0. The molecule has 0 aliphatic rings. The second-order valence-electron chi connectivity index (χ2n) is 2.09. The van der Waals surface area contributed by atoms with Gasteiger partial charge in [-0.15, -0.1) is 0 Å². The predicted molar refractivity (Wildman–Crippen MR) is 61.3 cm³/mol. The van der Waals surface area contributed by atoms with Crippen molar-refractivity contribution < 1.29 is 0 Å². The first-order valence-corrected chi connectivity index (χ1v) is 3.35. The van der Waals surface area contributed by atoms with Crippen LogP contribution < -0.4 is 0 Å². The van der Waals surface area contributed by atoms with Crippen LogP contribution in [0.4, 0.5) is 0 Å². The Morgan fingerprint density at radius 2 is 0.818 bits per heavy atom. The summed E-state index contributed by atoms with van der Waals surface area (Å²) in [6.45, 7) is 6.78. The lowest BCUT2D eigenvalue weighted by molar-refractivity contribution is 0.477. The van der Waals surface area contributed by atoms with Crippen molar-refractivity contribution in [2.24, 2.45) is 5.92 Å². The molecule has 0 spiro atoms. The maximum atomic E-state index is 2.26. The topological polar surface area (TPSA) is 0 Å². The lowest BCUT2D eigenvalue weighted by Crippen LogP contribution is -1.91. The van der Waals surface area contributed by atoms with Crippen LogP contribution in [0.3, 0.4) is 0 Å². The largest absolute Gasteiger partial charge is 0.0776 e. The van der Waals surface area contributed by atoms with Crippen LogP contribution in [0.25, 0.3) is 0 Å². The van der Waals surface area contributed by atoms with Crippen LogP contribution in [0.15, 0.2) is 0 Å². The predicted octanol–water partition coefficient (Wildman–Crippen LogP) is 5.38. The van der Waals surface area contributed by atoms with E-state index < -0.39 is 0 Å². The van der Waals surface area contributed by atoms with E-state index in [2.05, 4.69) is 20.8 Å². The molecule has 0 aliphatic heterocycles. The maximum absolute atomic E-state index is 2.26. The molecule has 0 heterocycles. The average Bonchev–Trinajstić information content (AvgIpc) is 1.72. The van der Waals surface area contributed by atoms with Crippen molar-refractivity contribution in [3.05, 3.63) is 0 Å². The molecule has 0 saturated heterocycles. The zero-order valence-electron chi connectivity index (χ0n) is 5.70. The molecule has 0 heteroatoms. The maximum Gasteiger partial charge on any atom is -0.0422 e. The number of rotatable bonds is 3. The minimum atomic E-state index is 0. The van der Waals surface area contributed by atoms with Crippen LogP contribution in [0.2, 0.25) is 0 Å². The second kappa shape index (κ2) is 22.5. The van der Waals surface area contributed by atoms with Crippen LogP contribution >= 0.6 is 0 Å². The standard InChI is InChI=1S/C7H16.4CH4/c1-4-7(5-2)6-3;;;;/h7H,4-6H2,1-3H3;4*1H4. The average molecular weight is 164 g/mol. The van der Waals surface area contributed by atoms with Crippen molar-refractivity contribution in [2.45, 2.75) is 69.7 Å². The third kappa shape index (κ3) is 17.8. The van der Waals surface area contributed by atoms with Gasteiger partial charge in [0.2, 0.25) is 0 Å². The molecular formula is C11H32. The molecule has 0 unspecified atom stereocenters. The van der Waals surface area contributed by atoms with Gasteiger partial charge in [0.25, 0.3) is 0 Å². The molecular weight excluding hydrogens is 132 g/mol. The molecule has 0 fully saturated rings. The summed E-state index contributed by atoms with van der Waals surface area (Å²) in [6.07, 6.45) is 4.06. The molecule has 0 N–H and O–H groups in total. The molecule has 0 aromatic heterocycles. The van der Waals surface area contributed by atoms with Gasteiger partial charge in [0.1, 0.15) is 0 Å². The van der Waals surface area contributed by atoms with Gasteiger partial charge >= 0.3 is 0 Å². The minimum Gasteiger partial charge on any atom is -0.0776 e. The first-order valence-electron chi connectivity index (χ1n) is 3.35. The highest BCUT2D eigenvalue weighted by atomic mass is 14.0. The normalized spacial score (nSPS) is 6.55. The highest BCUT2D eigenvalue weighted by Crippen LogP contribution is 2.09. The van der Waals surface area contributed by atoms with Gasteiger partial charge < -0.3 is 0 Å². The van der Waals surface area contributed by atoms with Gasteiger partial charge in [-0.2, -0.15) is 0 Å². The van der Waals surface area contributed by atoms with Crippen molar-refractivity contribution in [1.29, 1.82) is 0 Å². The molecule has 0 bridgehead atoms. The third-order valence-corrected chi connectivity index (χ3v) is 1.73. The Morgan fingerprint density at radius 3 is 0.818 bits per heavy atom. The minimum absolute atomic E-state index is 0. The first kappa shape index (κ1) is 30.6. The second-order valence-corrected chi connectivity index (χ2v) is 2.09. The fourth-order valence-corrected chi connectivity index (χ4v) is 0.866. The molecule has 0 aromatic rings. The molecule has 0 saturated carbocycles. The van der Waals surface area contributed by atoms with Gasteiger partial charge in [0.05, 0.1) is 0 Å². The van der Waals surface area contributed by atoms with E-state index in [1.165, 1.54) is 19.3 Å². The lowest BCUT2D eigenvalue weighted by Gasteiger charge is -2.05. The molecule has 0 aromatic carbocycles. The quantitative estimate of drug-likeness (QED) is 0.525. The highest BCUT2D eigenvalue weighted by Gasteiger charge is 1.95. The van der Waals surface area contributed by atoms with Crippen molar-refractivity contribution in [3.8, 4) is 0 Å². The Kier molecular flexibility index (Phi) is 62.5. The van der Waals surface area contributed by atoms with E-state index in [0.29, 0.717) is 0 Å². The number of hydrogen-bond donors (Lipinski definition) is 0. The van der Waals surface area contributed by atoms with E-state index in [1.54, 1.807) is 0 Å². The summed E-state index contributed by atoms with van der Waals surface area (Å²) < 4.78 is 0. The van der Waals surface area contributed by atoms with Crippen LogP contribution in [0.5, 0.6) is 0 Å². The smallest absolute Gasteiger partial charge is 0.0422 e. The van der Waals surface area contributed by atoms with Gasteiger partial charge in [-0.1, -0.05) is 69.7 Å². The lowest BCUT2D eigenvalue weighted by atomic mass is 10.0. The summed E-state index contributed by atoms with van der Waals surface area (Å²) in [5.74, 6) is 0.986.